The summed E-state index contributed by atoms with van der Waals surface area (Å²) in [6, 6.07) is 0.0929. The number of nitrogens with two attached hydrogens (primary N) is 1. The van der Waals surface area contributed by atoms with Crippen LogP contribution in [0.2, 0.25) is 0 Å². The summed E-state index contributed by atoms with van der Waals surface area (Å²) in [5.74, 6) is 1.36. The van der Waals surface area contributed by atoms with Gasteiger partial charge in [-0.3, -0.25) is 0 Å². The van der Waals surface area contributed by atoms with Crippen LogP contribution in [-0.2, 0) is 0 Å². The fourth-order valence-electron chi connectivity index (χ4n) is 1.08. The predicted molar refractivity (Wildman–Crippen MR) is 55.5 cm³/mol. The monoisotopic (exact) mass is 196 g/mol. The van der Waals surface area contributed by atoms with E-state index >= 15 is 0 Å². The Morgan fingerprint density at radius 3 is 2.86 bits per heavy atom. The van der Waals surface area contributed by atoms with Crippen molar-refractivity contribution in [2.75, 3.05) is 19.0 Å². The molecule has 0 bridgehead atoms. The van der Waals surface area contributed by atoms with E-state index in [1.54, 1.807) is 7.11 Å². The minimum atomic E-state index is 0.0929. The molecule has 0 aliphatic carbocycles. The van der Waals surface area contributed by atoms with Crippen molar-refractivity contribution >= 4 is 5.82 Å². The molecule has 5 heteroatoms. The number of nitrogens with one attached hydrogen (secondary N) is 1. The van der Waals surface area contributed by atoms with Crippen LogP contribution in [0.5, 0.6) is 5.88 Å². The van der Waals surface area contributed by atoms with Gasteiger partial charge in [0.1, 0.15) is 12.1 Å². The summed E-state index contributed by atoms with van der Waals surface area (Å²) in [5, 5.41) is 3.13. The maximum Gasteiger partial charge on any atom is 0.221 e. The molecule has 0 radical (unpaired) electrons. The van der Waals surface area contributed by atoms with Gasteiger partial charge in [0, 0.05) is 12.6 Å². The summed E-state index contributed by atoms with van der Waals surface area (Å²) in [7, 11) is 1.59. The summed E-state index contributed by atoms with van der Waals surface area (Å²) in [5.41, 5.74) is 6.52. The highest BCUT2D eigenvalue weighted by molar-refractivity contribution is 5.47. The van der Waals surface area contributed by atoms with Crippen LogP contribution in [0.3, 0.4) is 0 Å². The lowest BCUT2D eigenvalue weighted by atomic mass is 10.3. The van der Waals surface area contributed by atoms with E-state index in [0.717, 1.165) is 11.4 Å². The lowest BCUT2D eigenvalue weighted by molar-refractivity contribution is 0.393. The van der Waals surface area contributed by atoms with Gasteiger partial charge < -0.3 is 15.8 Å². The van der Waals surface area contributed by atoms with Crippen molar-refractivity contribution in [3.05, 3.63) is 11.9 Å². The third-order valence-corrected chi connectivity index (χ3v) is 1.82. The van der Waals surface area contributed by atoms with E-state index < -0.39 is 0 Å². The normalized spacial score (nSPS) is 12.3. The van der Waals surface area contributed by atoms with Crippen LogP contribution in [0.4, 0.5) is 5.82 Å². The molecule has 1 atom stereocenters. The van der Waals surface area contributed by atoms with E-state index in [0.29, 0.717) is 12.4 Å². The van der Waals surface area contributed by atoms with Gasteiger partial charge in [0.15, 0.2) is 0 Å². The third kappa shape index (κ3) is 2.56. The van der Waals surface area contributed by atoms with E-state index in [4.69, 9.17) is 10.5 Å². The van der Waals surface area contributed by atoms with Gasteiger partial charge in [0.25, 0.3) is 0 Å². The SMILES string of the molecule is COc1ncnc(NCC(C)N)c1C. The number of rotatable bonds is 4. The topological polar surface area (TPSA) is 73.1 Å². The minimum Gasteiger partial charge on any atom is -0.481 e. The Balaban J connectivity index is 2.76. The zero-order valence-corrected chi connectivity index (χ0v) is 8.74. The first-order valence-electron chi connectivity index (χ1n) is 4.50. The van der Waals surface area contributed by atoms with Crippen molar-refractivity contribution in [1.82, 2.24) is 9.97 Å². The van der Waals surface area contributed by atoms with E-state index in [1.165, 1.54) is 6.33 Å². The fraction of sp³-hybridized carbons (Fsp3) is 0.556. The van der Waals surface area contributed by atoms with Crippen molar-refractivity contribution in [1.29, 1.82) is 0 Å². The van der Waals surface area contributed by atoms with Crippen molar-refractivity contribution in [3.63, 3.8) is 0 Å². The molecule has 0 aliphatic rings. The van der Waals surface area contributed by atoms with Crippen molar-refractivity contribution in [2.24, 2.45) is 5.73 Å². The molecule has 5 nitrogen and oxygen atoms in total. The number of methoxy groups -OCH3 is 1. The lowest BCUT2D eigenvalue weighted by Gasteiger charge is -2.11. The molecule has 0 amide bonds. The Kier molecular flexibility index (Phi) is 3.64. The standard InChI is InChI=1S/C9H16N4O/c1-6(10)4-11-8-7(2)9(14-3)13-5-12-8/h5-6H,4,10H2,1-3H3,(H,11,12,13). The molecule has 3 N–H and O–H groups in total. The van der Waals surface area contributed by atoms with E-state index in [1.807, 2.05) is 13.8 Å². The molecule has 0 saturated carbocycles. The molecule has 1 heterocycles. The highest BCUT2D eigenvalue weighted by Gasteiger charge is 2.06. The summed E-state index contributed by atoms with van der Waals surface area (Å²) in [6.45, 7) is 4.52. The van der Waals surface area contributed by atoms with Crippen molar-refractivity contribution in [2.45, 2.75) is 19.9 Å². The average molecular weight is 196 g/mol. The van der Waals surface area contributed by atoms with Crippen molar-refractivity contribution in [3.8, 4) is 5.88 Å². The number of ether oxygens (including phenoxy) is 1. The molecule has 1 aromatic rings. The zero-order valence-electron chi connectivity index (χ0n) is 8.74. The average Bonchev–Trinajstić information content (AvgIpc) is 2.16. The molecule has 0 fully saturated rings. The quantitative estimate of drug-likeness (QED) is 0.735. The van der Waals surface area contributed by atoms with Crippen molar-refractivity contribution < 1.29 is 4.74 Å². The largest absolute Gasteiger partial charge is 0.481 e. The van der Waals surface area contributed by atoms with Gasteiger partial charge in [-0.25, -0.2) is 9.97 Å². The number of aromatic nitrogens is 2. The highest BCUT2D eigenvalue weighted by Crippen LogP contribution is 2.19. The van der Waals surface area contributed by atoms with Gasteiger partial charge in [-0.05, 0) is 13.8 Å². The second-order valence-corrected chi connectivity index (χ2v) is 3.21. The summed E-state index contributed by atoms with van der Waals surface area (Å²) in [6.07, 6.45) is 1.47. The first-order valence-corrected chi connectivity index (χ1v) is 4.50. The van der Waals surface area contributed by atoms with Gasteiger partial charge in [-0.1, -0.05) is 0 Å². The number of hydrogen-bond acceptors (Lipinski definition) is 5. The summed E-state index contributed by atoms with van der Waals surface area (Å²) in [4.78, 5) is 8.08. The Morgan fingerprint density at radius 1 is 1.57 bits per heavy atom. The van der Waals surface area contributed by atoms with Crippen LogP contribution >= 0.6 is 0 Å². The van der Waals surface area contributed by atoms with Gasteiger partial charge >= 0.3 is 0 Å². The second kappa shape index (κ2) is 4.76. The number of hydrogen-bond donors (Lipinski definition) is 2. The molecule has 14 heavy (non-hydrogen) atoms. The van der Waals surface area contributed by atoms with Gasteiger partial charge in [0.05, 0.1) is 12.7 Å². The fourth-order valence-corrected chi connectivity index (χ4v) is 1.08. The molecule has 0 spiro atoms. The molecular formula is C9H16N4O. The first kappa shape index (κ1) is 10.7. The van der Waals surface area contributed by atoms with E-state index in [2.05, 4.69) is 15.3 Å². The Labute approximate surface area is 83.7 Å². The van der Waals surface area contributed by atoms with Crippen LogP contribution in [0.25, 0.3) is 0 Å². The maximum absolute atomic E-state index is 5.62. The van der Waals surface area contributed by atoms with Gasteiger partial charge in [0.2, 0.25) is 5.88 Å². The third-order valence-electron chi connectivity index (χ3n) is 1.82. The summed E-state index contributed by atoms with van der Waals surface area (Å²) < 4.78 is 5.07. The van der Waals surface area contributed by atoms with Gasteiger partial charge in [-0.2, -0.15) is 0 Å². The molecule has 0 saturated heterocycles. The zero-order chi connectivity index (χ0) is 10.6. The van der Waals surface area contributed by atoms with Gasteiger partial charge in [-0.15, -0.1) is 0 Å². The second-order valence-electron chi connectivity index (χ2n) is 3.21. The Morgan fingerprint density at radius 2 is 2.29 bits per heavy atom. The van der Waals surface area contributed by atoms with Crippen LogP contribution in [0.15, 0.2) is 6.33 Å². The molecule has 0 aliphatic heterocycles. The molecule has 78 valence electrons. The molecule has 0 aromatic carbocycles. The van der Waals surface area contributed by atoms with Crippen LogP contribution in [-0.4, -0.2) is 29.7 Å². The Bertz CT molecular complexity index is 301. The smallest absolute Gasteiger partial charge is 0.221 e. The number of anilines is 1. The number of nitrogens with zero attached hydrogens (tertiary/aromatic N) is 2. The Hall–Kier alpha value is -1.36. The first-order chi connectivity index (χ1) is 6.65. The van der Waals surface area contributed by atoms with E-state index in [-0.39, 0.29) is 6.04 Å². The van der Waals surface area contributed by atoms with E-state index in [9.17, 15) is 0 Å². The molecule has 1 aromatic heterocycles. The minimum absolute atomic E-state index is 0.0929. The highest BCUT2D eigenvalue weighted by atomic mass is 16.5. The van der Waals surface area contributed by atoms with Crippen LogP contribution in [0.1, 0.15) is 12.5 Å². The molecule has 1 rings (SSSR count). The maximum atomic E-state index is 5.62. The molecule has 1 unspecified atom stereocenters. The molecular weight excluding hydrogens is 180 g/mol. The summed E-state index contributed by atoms with van der Waals surface area (Å²) >= 11 is 0. The predicted octanol–water partition coefficient (Wildman–Crippen LogP) is 0.553. The van der Waals surface area contributed by atoms with Crippen LogP contribution < -0.4 is 15.8 Å². The van der Waals surface area contributed by atoms with Crippen LogP contribution in [0, 0.1) is 6.92 Å². The lowest BCUT2D eigenvalue weighted by Crippen LogP contribution is -2.25.